The molecule has 0 radical (unpaired) electrons. The number of hydrogen-bond donors (Lipinski definition) is 0. The Balaban J connectivity index is 2.11. The summed E-state index contributed by atoms with van der Waals surface area (Å²) in [4.78, 5) is 23.9. The van der Waals surface area contributed by atoms with Gasteiger partial charge in [0.1, 0.15) is 11.4 Å². The summed E-state index contributed by atoms with van der Waals surface area (Å²) in [6, 6.07) is 9.82. The second-order valence-corrected chi connectivity index (χ2v) is 6.85. The predicted octanol–water partition coefficient (Wildman–Crippen LogP) is 3.98. The highest BCUT2D eigenvalue weighted by molar-refractivity contribution is 6.05. The van der Waals surface area contributed by atoms with Crippen molar-refractivity contribution in [2.75, 3.05) is 13.7 Å². The van der Waals surface area contributed by atoms with Crippen LogP contribution in [0.5, 0.6) is 0 Å². The molecule has 0 aliphatic heterocycles. The minimum absolute atomic E-state index is 0.0704. The third-order valence-electron chi connectivity index (χ3n) is 3.43. The summed E-state index contributed by atoms with van der Waals surface area (Å²) in [6.07, 6.45) is 8.50. The van der Waals surface area contributed by atoms with Gasteiger partial charge in [0.2, 0.25) is 5.78 Å². The smallest absolute Gasteiger partial charge is 0.344 e. The minimum Gasteiger partial charge on any atom is -0.496 e. The second-order valence-electron chi connectivity index (χ2n) is 6.85. The van der Waals surface area contributed by atoms with Crippen LogP contribution < -0.4 is 0 Å². The molecule has 142 valence electrons. The fourth-order valence-electron chi connectivity index (χ4n) is 2.31. The lowest BCUT2D eigenvalue weighted by Crippen LogP contribution is -2.27. The quantitative estimate of drug-likeness (QED) is 0.711. The molecule has 0 unspecified atom stereocenters. The van der Waals surface area contributed by atoms with E-state index in [1.165, 1.54) is 13.2 Å². The summed E-state index contributed by atoms with van der Waals surface area (Å²) in [5.41, 5.74) is 1.11. The zero-order valence-corrected chi connectivity index (χ0v) is 16.0. The Morgan fingerprint density at radius 1 is 1.07 bits per heavy atom. The van der Waals surface area contributed by atoms with E-state index in [4.69, 9.17) is 14.2 Å². The molecule has 0 aromatic heterocycles. The van der Waals surface area contributed by atoms with E-state index in [0.717, 1.165) is 5.56 Å². The topological polar surface area (TPSA) is 61.8 Å². The number of carbonyl (C=O) groups is 2. The lowest BCUT2D eigenvalue weighted by atomic mass is 10.0. The second kappa shape index (κ2) is 9.03. The Morgan fingerprint density at radius 3 is 2.41 bits per heavy atom. The SMILES string of the molecule is COC1=CC(=O)C(OCC(=O)OC(C)(C)C)=C/C1=C/C=C/c1ccccc1. The number of allylic oxidation sites excluding steroid dienone is 4. The van der Waals surface area contributed by atoms with E-state index in [2.05, 4.69) is 0 Å². The van der Waals surface area contributed by atoms with Crippen molar-refractivity contribution in [3.05, 3.63) is 77.3 Å². The first kappa shape index (κ1) is 20.2. The molecule has 0 N–H and O–H groups in total. The number of carbonyl (C=O) groups excluding carboxylic acids is 2. The zero-order valence-electron chi connectivity index (χ0n) is 16.0. The van der Waals surface area contributed by atoms with E-state index >= 15 is 0 Å². The van der Waals surface area contributed by atoms with Crippen LogP contribution >= 0.6 is 0 Å². The number of hydrogen-bond acceptors (Lipinski definition) is 5. The molecule has 27 heavy (non-hydrogen) atoms. The van der Waals surface area contributed by atoms with E-state index in [1.807, 2.05) is 48.6 Å². The normalized spacial score (nSPS) is 16.1. The van der Waals surface area contributed by atoms with Gasteiger partial charge < -0.3 is 14.2 Å². The third-order valence-corrected chi connectivity index (χ3v) is 3.43. The van der Waals surface area contributed by atoms with Gasteiger partial charge in [0, 0.05) is 11.6 Å². The van der Waals surface area contributed by atoms with Gasteiger partial charge in [-0.05, 0) is 32.4 Å². The summed E-state index contributed by atoms with van der Waals surface area (Å²) in [5.74, 6) is -0.393. The van der Waals surface area contributed by atoms with Crippen molar-refractivity contribution >= 4 is 17.8 Å². The van der Waals surface area contributed by atoms with Gasteiger partial charge in [-0.25, -0.2) is 4.79 Å². The highest BCUT2D eigenvalue weighted by atomic mass is 16.6. The molecule has 0 bridgehead atoms. The molecule has 5 heteroatoms. The number of ether oxygens (including phenoxy) is 3. The zero-order chi connectivity index (χ0) is 19.9. The van der Waals surface area contributed by atoms with Crippen LogP contribution in [-0.2, 0) is 23.8 Å². The van der Waals surface area contributed by atoms with Crippen LogP contribution in [0.4, 0.5) is 0 Å². The summed E-state index contributed by atoms with van der Waals surface area (Å²) in [5, 5.41) is 0. The van der Waals surface area contributed by atoms with E-state index < -0.39 is 11.6 Å². The van der Waals surface area contributed by atoms with Gasteiger partial charge in [0.25, 0.3) is 0 Å². The maximum Gasteiger partial charge on any atom is 0.344 e. The summed E-state index contributed by atoms with van der Waals surface area (Å²) < 4.78 is 15.8. The van der Waals surface area contributed by atoms with Crippen LogP contribution in [0.2, 0.25) is 0 Å². The summed E-state index contributed by atoms with van der Waals surface area (Å²) >= 11 is 0. The molecule has 1 aromatic rings. The maximum absolute atomic E-state index is 12.2. The van der Waals surface area contributed by atoms with Crippen molar-refractivity contribution in [2.24, 2.45) is 0 Å². The average molecular weight is 368 g/mol. The van der Waals surface area contributed by atoms with Crippen molar-refractivity contribution in [1.82, 2.24) is 0 Å². The highest BCUT2D eigenvalue weighted by Crippen LogP contribution is 2.22. The Bertz CT molecular complexity index is 805. The molecule has 5 nitrogen and oxygen atoms in total. The third kappa shape index (κ3) is 6.62. The van der Waals surface area contributed by atoms with Gasteiger partial charge in [-0.1, -0.05) is 48.6 Å². The molecule has 2 rings (SSSR count). The van der Waals surface area contributed by atoms with Crippen molar-refractivity contribution in [1.29, 1.82) is 0 Å². The van der Waals surface area contributed by atoms with E-state index in [-0.39, 0.29) is 18.1 Å². The van der Waals surface area contributed by atoms with Crippen LogP contribution in [0.3, 0.4) is 0 Å². The molecule has 1 aromatic carbocycles. The number of esters is 1. The largest absolute Gasteiger partial charge is 0.496 e. The van der Waals surface area contributed by atoms with Crippen molar-refractivity contribution in [3.8, 4) is 0 Å². The lowest BCUT2D eigenvalue weighted by Gasteiger charge is -2.20. The van der Waals surface area contributed by atoms with Crippen molar-refractivity contribution in [3.63, 3.8) is 0 Å². The molecule has 0 fully saturated rings. The monoisotopic (exact) mass is 368 g/mol. The van der Waals surface area contributed by atoms with Crippen LogP contribution in [0, 0.1) is 0 Å². The van der Waals surface area contributed by atoms with Gasteiger partial charge >= 0.3 is 5.97 Å². The molecule has 1 aliphatic carbocycles. The number of methoxy groups -OCH3 is 1. The molecule has 0 saturated carbocycles. The molecule has 1 aliphatic rings. The standard InChI is InChI=1S/C22H24O5/c1-22(2,3)27-21(24)15-26-20-13-17(19(25-4)14-18(20)23)12-8-11-16-9-6-5-7-10-16/h5-14H,15H2,1-4H3/b11-8+,17-12-. The maximum atomic E-state index is 12.2. The van der Waals surface area contributed by atoms with E-state index in [1.54, 1.807) is 26.8 Å². The van der Waals surface area contributed by atoms with Gasteiger partial charge in [-0.3, -0.25) is 4.79 Å². The molecular formula is C22H24O5. The van der Waals surface area contributed by atoms with Crippen molar-refractivity contribution < 1.29 is 23.8 Å². The first-order valence-corrected chi connectivity index (χ1v) is 8.58. The Morgan fingerprint density at radius 2 is 1.78 bits per heavy atom. The fourth-order valence-corrected chi connectivity index (χ4v) is 2.31. The molecule has 0 saturated heterocycles. The van der Waals surface area contributed by atoms with Gasteiger partial charge in [0.15, 0.2) is 12.4 Å². The van der Waals surface area contributed by atoms with Gasteiger partial charge in [0.05, 0.1) is 7.11 Å². The molecular weight excluding hydrogens is 344 g/mol. The van der Waals surface area contributed by atoms with Crippen LogP contribution in [-0.4, -0.2) is 31.1 Å². The Labute approximate surface area is 159 Å². The first-order chi connectivity index (χ1) is 12.8. The number of benzene rings is 1. The molecule has 0 spiro atoms. The highest BCUT2D eigenvalue weighted by Gasteiger charge is 2.22. The Hall–Kier alpha value is -3.08. The average Bonchev–Trinajstić information content (AvgIpc) is 2.61. The van der Waals surface area contributed by atoms with Crippen molar-refractivity contribution in [2.45, 2.75) is 26.4 Å². The Kier molecular flexibility index (Phi) is 6.77. The van der Waals surface area contributed by atoms with E-state index in [9.17, 15) is 9.59 Å². The fraction of sp³-hybridized carbons (Fsp3) is 0.273. The van der Waals surface area contributed by atoms with Gasteiger partial charge in [-0.2, -0.15) is 0 Å². The predicted molar refractivity (Wildman–Crippen MR) is 104 cm³/mol. The van der Waals surface area contributed by atoms with Crippen LogP contribution in [0.15, 0.2) is 71.7 Å². The van der Waals surface area contributed by atoms with Crippen LogP contribution in [0.25, 0.3) is 6.08 Å². The molecule has 0 heterocycles. The molecule has 0 amide bonds. The summed E-state index contributed by atoms with van der Waals surface area (Å²) in [6.45, 7) is 4.97. The van der Waals surface area contributed by atoms with E-state index in [0.29, 0.717) is 11.3 Å². The van der Waals surface area contributed by atoms with Crippen LogP contribution in [0.1, 0.15) is 26.3 Å². The summed E-state index contributed by atoms with van der Waals surface area (Å²) in [7, 11) is 1.49. The number of rotatable bonds is 6. The molecule has 0 atom stereocenters. The number of ketones is 1. The first-order valence-electron chi connectivity index (χ1n) is 8.58. The minimum atomic E-state index is -0.609. The van der Waals surface area contributed by atoms with Gasteiger partial charge in [-0.15, -0.1) is 0 Å². The lowest BCUT2D eigenvalue weighted by molar-refractivity contribution is -0.158.